The lowest BCUT2D eigenvalue weighted by molar-refractivity contribution is 0.306. The Morgan fingerprint density at radius 2 is 1.73 bits per heavy atom. The van der Waals surface area contributed by atoms with Crippen LogP contribution in [-0.2, 0) is 13.2 Å². The van der Waals surface area contributed by atoms with E-state index >= 15 is 0 Å². The summed E-state index contributed by atoms with van der Waals surface area (Å²) in [7, 11) is 4.21. The number of nitrogens with one attached hydrogen (secondary N) is 1. The monoisotopic (exact) mass is 298 g/mol. The second-order valence-electron chi connectivity index (χ2n) is 5.76. The zero-order chi connectivity index (χ0) is 15.6. The van der Waals surface area contributed by atoms with Crippen LogP contribution < -0.4 is 10.1 Å². The van der Waals surface area contributed by atoms with Crippen molar-refractivity contribution < 1.29 is 4.74 Å². The molecule has 2 aromatic carbocycles. The zero-order valence-corrected chi connectivity index (χ0v) is 13.6. The Labute approximate surface area is 133 Å². The van der Waals surface area contributed by atoms with E-state index in [2.05, 4.69) is 54.6 Å². The molecule has 2 aromatic rings. The number of hydrogen-bond donors (Lipinski definition) is 1. The van der Waals surface area contributed by atoms with Gasteiger partial charge in [-0.2, -0.15) is 0 Å². The molecule has 3 nitrogen and oxygen atoms in total. The fourth-order valence-electron chi connectivity index (χ4n) is 2.24. The molecule has 0 aromatic heterocycles. The van der Waals surface area contributed by atoms with E-state index in [1.165, 1.54) is 11.1 Å². The number of ether oxygens (including phenoxy) is 1. The molecule has 0 fully saturated rings. The summed E-state index contributed by atoms with van der Waals surface area (Å²) in [4.78, 5) is 2.21. The van der Waals surface area contributed by atoms with Crippen molar-refractivity contribution in [3.63, 3.8) is 0 Å². The first-order valence-corrected chi connectivity index (χ1v) is 7.85. The van der Waals surface area contributed by atoms with Crippen molar-refractivity contribution in [1.82, 2.24) is 10.2 Å². The summed E-state index contributed by atoms with van der Waals surface area (Å²) in [5.74, 6) is 0.927. The minimum absolute atomic E-state index is 0.612. The van der Waals surface area contributed by atoms with Crippen LogP contribution in [0.4, 0.5) is 0 Å². The molecule has 0 spiro atoms. The van der Waals surface area contributed by atoms with Gasteiger partial charge in [0.1, 0.15) is 12.4 Å². The van der Waals surface area contributed by atoms with E-state index in [1.54, 1.807) is 0 Å². The molecular weight excluding hydrogens is 272 g/mol. The predicted molar refractivity (Wildman–Crippen MR) is 92.1 cm³/mol. The summed E-state index contributed by atoms with van der Waals surface area (Å²) in [6.45, 7) is 3.65. The molecule has 0 saturated carbocycles. The standard InChI is InChI=1S/C19H26N2O/c1-21(2)13-7-12-20-15-18-10-6-11-19(14-18)22-16-17-8-4-3-5-9-17/h3-6,8-11,14,20H,7,12-13,15-16H2,1-2H3. The summed E-state index contributed by atoms with van der Waals surface area (Å²) in [6, 6.07) is 18.6. The Morgan fingerprint density at radius 1 is 0.955 bits per heavy atom. The van der Waals surface area contributed by atoms with Gasteiger partial charge in [-0.3, -0.25) is 0 Å². The summed E-state index contributed by atoms with van der Waals surface area (Å²) in [5.41, 5.74) is 2.45. The second kappa shape index (κ2) is 9.23. The first-order valence-electron chi connectivity index (χ1n) is 7.85. The van der Waals surface area contributed by atoms with Crippen LogP contribution in [0.25, 0.3) is 0 Å². The molecule has 22 heavy (non-hydrogen) atoms. The molecule has 0 radical (unpaired) electrons. The second-order valence-corrected chi connectivity index (χ2v) is 5.76. The van der Waals surface area contributed by atoms with Crippen molar-refractivity contribution in [2.45, 2.75) is 19.6 Å². The fourth-order valence-corrected chi connectivity index (χ4v) is 2.24. The van der Waals surface area contributed by atoms with Crippen molar-refractivity contribution in [1.29, 1.82) is 0 Å². The van der Waals surface area contributed by atoms with Crippen LogP contribution in [0.1, 0.15) is 17.5 Å². The van der Waals surface area contributed by atoms with Gasteiger partial charge in [0.2, 0.25) is 0 Å². The van der Waals surface area contributed by atoms with Gasteiger partial charge in [0.15, 0.2) is 0 Å². The van der Waals surface area contributed by atoms with Gasteiger partial charge >= 0.3 is 0 Å². The van der Waals surface area contributed by atoms with Crippen LogP contribution >= 0.6 is 0 Å². The van der Waals surface area contributed by atoms with E-state index in [0.717, 1.165) is 31.8 Å². The van der Waals surface area contributed by atoms with Crippen LogP contribution in [0.3, 0.4) is 0 Å². The molecule has 2 rings (SSSR count). The van der Waals surface area contributed by atoms with Crippen LogP contribution in [0.5, 0.6) is 5.75 Å². The third-order valence-corrected chi connectivity index (χ3v) is 3.43. The lowest BCUT2D eigenvalue weighted by atomic mass is 10.2. The molecule has 0 bridgehead atoms. The summed E-state index contributed by atoms with van der Waals surface area (Å²) < 4.78 is 5.86. The third-order valence-electron chi connectivity index (χ3n) is 3.43. The maximum absolute atomic E-state index is 5.86. The topological polar surface area (TPSA) is 24.5 Å². The van der Waals surface area contributed by atoms with Crippen LogP contribution in [0, 0.1) is 0 Å². The van der Waals surface area contributed by atoms with Gasteiger partial charge in [-0.1, -0.05) is 42.5 Å². The average Bonchev–Trinajstić information content (AvgIpc) is 2.54. The van der Waals surface area contributed by atoms with Gasteiger partial charge in [0.25, 0.3) is 0 Å². The maximum atomic E-state index is 5.86. The van der Waals surface area contributed by atoms with Crippen molar-refractivity contribution in [3.05, 3.63) is 65.7 Å². The highest BCUT2D eigenvalue weighted by atomic mass is 16.5. The predicted octanol–water partition coefficient (Wildman–Crippen LogP) is 3.31. The van der Waals surface area contributed by atoms with Gasteiger partial charge in [-0.05, 0) is 56.9 Å². The fraction of sp³-hybridized carbons (Fsp3) is 0.368. The maximum Gasteiger partial charge on any atom is 0.120 e. The molecule has 0 atom stereocenters. The van der Waals surface area contributed by atoms with Crippen molar-refractivity contribution in [2.24, 2.45) is 0 Å². The van der Waals surface area contributed by atoms with Crippen molar-refractivity contribution in [2.75, 3.05) is 27.2 Å². The summed E-state index contributed by atoms with van der Waals surface area (Å²) >= 11 is 0. The summed E-state index contributed by atoms with van der Waals surface area (Å²) in [5, 5.41) is 3.48. The van der Waals surface area contributed by atoms with Gasteiger partial charge < -0.3 is 15.0 Å². The molecule has 0 aliphatic carbocycles. The minimum atomic E-state index is 0.612. The Bertz CT molecular complexity index is 540. The van der Waals surface area contributed by atoms with E-state index in [1.807, 2.05) is 24.3 Å². The largest absolute Gasteiger partial charge is 0.489 e. The summed E-state index contributed by atoms with van der Waals surface area (Å²) in [6.07, 6.45) is 1.16. The zero-order valence-electron chi connectivity index (χ0n) is 13.6. The highest BCUT2D eigenvalue weighted by Crippen LogP contribution is 2.15. The van der Waals surface area contributed by atoms with E-state index in [-0.39, 0.29) is 0 Å². The molecule has 0 heterocycles. The van der Waals surface area contributed by atoms with Gasteiger partial charge in [0.05, 0.1) is 0 Å². The first-order chi connectivity index (χ1) is 10.7. The Morgan fingerprint density at radius 3 is 2.50 bits per heavy atom. The van der Waals surface area contributed by atoms with E-state index < -0.39 is 0 Å². The average molecular weight is 298 g/mol. The number of benzene rings is 2. The van der Waals surface area contributed by atoms with E-state index in [9.17, 15) is 0 Å². The van der Waals surface area contributed by atoms with Gasteiger partial charge in [0, 0.05) is 6.54 Å². The molecule has 0 aliphatic rings. The van der Waals surface area contributed by atoms with Crippen LogP contribution in [0.15, 0.2) is 54.6 Å². The quantitative estimate of drug-likeness (QED) is 0.719. The normalized spacial score (nSPS) is 10.9. The Hall–Kier alpha value is -1.84. The Kier molecular flexibility index (Phi) is 6.94. The third kappa shape index (κ3) is 6.29. The van der Waals surface area contributed by atoms with Gasteiger partial charge in [-0.25, -0.2) is 0 Å². The molecule has 1 N–H and O–H groups in total. The molecule has 0 unspecified atom stereocenters. The number of nitrogens with zero attached hydrogens (tertiary/aromatic N) is 1. The molecular formula is C19H26N2O. The SMILES string of the molecule is CN(C)CCCNCc1cccc(OCc2ccccc2)c1. The highest BCUT2D eigenvalue weighted by Gasteiger charge is 1.98. The molecule has 118 valence electrons. The highest BCUT2D eigenvalue weighted by molar-refractivity contribution is 5.29. The molecule has 0 saturated heterocycles. The first kappa shape index (κ1) is 16.5. The molecule has 0 amide bonds. The smallest absolute Gasteiger partial charge is 0.120 e. The van der Waals surface area contributed by atoms with Crippen molar-refractivity contribution in [3.8, 4) is 5.75 Å². The Balaban J connectivity index is 1.75. The van der Waals surface area contributed by atoms with E-state index in [0.29, 0.717) is 6.61 Å². The van der Waals surface area contributed by atoms with Crippen LogP contribution in [-0.4, -0.2) is 32.1 Å². The van der Waals surface area contributed by atoms with Crippen LogP contribution in [0.2, 0.25) is 0 Å². The molecule has 3 heteroatoms. The lowest BCUT2D eigenvalue weighted by Gasteiger charge is -2.11. The van der Waals surface area contributed by atoms with E-state index in [4.69, 9.17) is 4.74 Å². The number of rotatable bonds is 9. The van der Waals surface area contributed by atoms with Crippen molar-refractivity contribution >= 4 is 0 Å². The molecule has 0 aliphatic heterocycles. The lowest BCUT2D eigenvalue weighted by Crippen LogP contribution is -2.20. The van der Waals surface area contributed by atoms with Gasteiger partial charge in [-0.15, -0.1) is 0 Å². The number of hydrogen-bond acceptors (Lipinski definition) is 3. The minimum Gasteiger partial charge on any atom is -0.489 e.